The Bertz CT molecular complexity index is 314. The summed E-state index contributed by atoms with van der Waals surface area (Å²) in [7, 11) is 0. The third kappa shape index (κ3) is 5.06. The molecule has 0 bridgehead atoms. The Balaban J connectivity index is 2.44. The summed E-state index contributed by atoms with van der Waals surface area (Å²) in [5.74, 6) is 1.34. The van der Waals surface area contributed by atoms with E-state index in [2.05, 4.69) is 0 Å². The minimum atomic E-state index is -0.621. The number of ether oxygens (including phenoxy) is 3. The van der Waals surface area contributed by atoms with Crippen LogP contribution in [-0.2, 0) is 4.74 Å². The van der Waals surface area contributed by atoms with Gasteiger partial charge in [-0.1, -0.05) is 12.1 Å². The van der Waals surface area contributed by atoms with Crippen LogP contribution in [0, 0.1) is 0 Å². The predicted octanol–water partition coefficient (Wildman–Crippen LogP) is 1.86. The van der Waals surface area contributed by atoms with Crippen molar-refractivity contribution < 1.29 is 19.3 Å². The maximum Gasteiger partial charge on any atom is 0.161 e. The molecule has 0 heterocycles. The van der Waals surface area contributed by atoms with Crippen LogP contribution in [0.1, 0.15) is 13.8 Å². The van der Waals surface area contributed by atoms with Gasteiger partial charge in [-0.25, -0.2) is 0 Å². The third-order valence-corrected chi connectivity index (χ3v) is 2.09. The first-order chi connectivity index (χ1) is 8.27. The summed E-state index contributed by atoms with van der Waals surface area (Å²) in [5, 5.41) is 9.57. The molecule has 1 aromatic rings. The van der Waals surface area contributed by atoms with Crippen LogP contribution in [-0.4, -0.2) is 37.6 Å². The smallest absolute Gasteiger partial charge is 0.161 e. The molecule has 0 spiro atoms. The predicted molar refractivity (Wildman–Crippen MR) is 65.6 cm³/mol. The topological polar surface area (TPSA) is 47.9 Å². The molecule has 1 N–H and O–H groups in total. The van der Waals surface area contributed by atoms with Gasteiger partial charge >= 0.3 is 0 Å². The highest BCUT2D eigenvalue weighted by Crippen LogP contribution is 2.26. The van der Waals surface area contributed by atoms with E-state index in [0.29, 0.717) is 24.7 Å². The number of rotatable bonds is 8. The Labute approximate surface area is 102 Å². The van der Waals surface area contributed by atoms with Crippen LogP contribution in [0.5, 0.6) is 11.5 Å². The van der Waals surface area contributed by atoms with E-state index in [-0.39, 0.29) is 13.2 Å². The molecule has 4 nitrogen and oxygen atoms in total. The molecule has 0 saturated heterocycles. The van der Waals surface area contributed by atoms with Gasteiger partial charge in [-0.15, -0.1) is 0 Å². The lowest BCUT2D eigenvalue weighted by Gasteiger charge is -2.14. The van der Waals surface area contributed by atoms with Gasteiger partial charge in [-0.2, -0.15) is 0 Å². The van der Waals surface area contributed by atoms with Crippen molar-refractivity contribution in [1.82, 2.24) is 0 Å². The molecular weight excluding hydrogens is 220 g/mol. The van der Waals surface area contributed by atoms with E-state index in [1.165, 1.54) is 0 Å². The Morgan fingerprint density at radius 1 is 1.00 bits per heavy atom. The van der Waals surface area contributed by atoms with Crippen molar-refractivity contribution in [2.24, 2.45) is 0 Å². The molecule has 0 aliphatic rings. The molecule has 0 aromatic heterocycles. The molecule has 1 rings (SSSR count). The number of aliphatic hydroxyl groups is 1. The molecule has 4 heteroatoms. The Morgan fingerprint density at radius 2 is 1.65 bits per heavy atom. The van der Waals surface area contributed by atoms with Crippen molar-refractivity contribution >= 4 is 0 Å². The van der Waals surface area contributed by atoms with Gasteiger partial charge in [0, 0.05) is 6.61 Å². The number of aliphatic hydroxyl groups excluding tert-OH is 1. The van der Waals surface area contributed by atoms with Crippen LogP contribution in [0.3, 0.4) is 0 Å². The monoisotopic (exact) mass is 240 g/mol. The molecule has 17 heavy (non-hydrogen) atoms. The lowest BCUT2D eigenvalue weighted by Crippen LogP contribution is -2.23. The Kier molecular flexibility index (Phi) is 6.43. The first kappa shape index (κ1) is 13.8. The second-order valence-corrected chi connectivity index (χ2v) is 3.50. The third-order valence-electron chi connectivity index (χ3n) is 2.09. The minimum absolute atomic E-state index is 0.198. The van der Waals surface area contributed by atoms with Crippen LogP contribution in [0.25, 0.3) is 0 Å². The van der Waals surface area contributed by atoms with E-state index in [1.807, 2.05) is 38.1 Å². The molecule has 96 valence electrons. The van der Waals surface area contributed by atoms with E-state index in [1.54, 1.807) is 0 Å². The zero-order valence-corrected chi connectivity index (χ0v) is 10.4. The molecule has 1 atom stereocenters. The normalized spacial score (nSPS) is 12.2. The maximum absolute atomic E-state index is 9.57. The first-order valence-electron chi connectivity index (χ1n) is 5.88. The molecule has 0 amide bonds. The van der Waals surface area contributed by atoms with Crippen LogP contribution in [0.4, 0.5) is 0 Å². The fourth-order valence-electron chi connectivity index (χ4n) is 1.33. The molecule has 0 fully saturated rings. The van der Waals surface area contributed by atoms with Gasteiger partial charge in [0.2, 0.25) is 0 Å². The molecule has 0 saturated carbocycles. The molecule has 0 radical (unpaired) electrons. The number of hydrogen-bond donors (Lipinski definition) is 1. The largest absolute Gasteiger partial charge is 0.490 e. The van der Waals surface area contributed by atoms with Crippen molar-refractivity contribution in [3.05, 3.63) is 24.3 Å². The number of benzene rings is 1. The van der Waals surface area contributed by atoms with Crippen molar-refractivity contribution in [1.29, 1.82) is 0 Å². The SMILES string of the molecule is CCOCC(O)COc1ccccc1OCC. The van der Waals surface area contributed by atoms with Gasteiger partial charge in [0.15, 0.2) is 11.5 Å². The molecule has 1 unspecified atom stereocenters. The highest BCUT2D eigenvalue weighted by atomic mass is 16.5. The van der Waals surface area contributed by atoms with Crippen LogP contribution >= 0.6 is 0 Å². The summed E-state index contributed by atoms with van der Waals surface area (Å²) in [5.41, 5.74) is 0. The average Bonchev–Trinajstić information content (AvgIpc) is 2.35. The second kappa shape index (κ2) is 7.92. The van der Waals surface area contributed by atoms with E-state index in [4.69, 9.17) is 14.2 Å². The van der Waals surface area contributed by atoms with E-state index >= 15 is 0 Å². The Hall–Kier alpha value is -1.26. The van der Waals surface area contributed by atoms with Crippen molar-refractivity contribution in [3.63, 3.8) is 0 Å². The fraction of sp³-hybridized carbons (Fsp3) is 0.538. The van der Waals surface area contributed by atoms with E-state index in [0.717, 1.165) is 0 Å². The highest BCUT2D eigenvalue weighted by Gasteiger charge is 2.08. The van der Waals surface area contributed by atoms with Gasteiger partial charge in [-0.3, -0.25) is 0 Å². The quantitative estimate of drug-likeness (QED) is 0.753. The first-order valence-corrected chi connectivity index (χ1v) is 5.88. The minimum Gasteiger partial charge on any atom is -0.490 e. The zero-order chi connectivity index (χ0) is 12.5. The van der Waals surface area contributed by atoms with Gasteiger partial charge in [0.25, 0.3) is 0 Å². The standard InChI is InChI=1S/C13H20O4/c1-3-15-9-11(14)10-17-13-8-6-5-7-12(13)16-4-2/h5-8,11,14H,3-4,9-10H2,1-2H3. The molecule has 0 aliphatic heterocycles. The molecule has 0 aliphatic carbocycles. The second-order valence-electron chi connectivity index (χ2n) is 3.50. The van der Waals surface area contributed by atoms with Crippen LogP contribution in [0.2, 0.25) is 0 Å². The van der Waals surface area contributed by atoms with E-state index in [9.17, 15) is 5.11 Å². The number of para-hydroxylation sites is 2. The summed E-state index contributed by atoms with van der Waals surface area (Å²) in [6, 6.07) is 7.41. The average molecular weight is 240 g/mol. The highest BCUT2D eigenvalue weighted by molar-refractivity contribution is 5.39. The zero-order valence-electron chi connectivity index (χ0n) is 10.4. The van der Waals surface area contributed by atoms with Crippen molar-refractivity contribution in [3.8, 4) is 11.5 Å². The van der Waals surface area contributed by atoms with Gasteiger partial charge < -0.3 is 19.3 Å². The Morgan fingerprint density at radius 3 is 2.24 bits per heavy atom. The van der Waals surface area contributed by atoms with Gasteiger partial charge in [-0.05, 0) is 26.0 Å². The van der Waals surface area contributed by atoms with E-state index < -0.39 is 6.10 Å². The molecule has 1 aromatic carbocycles. The van der Waals surface area contributed by atoms with Crippen molar-refractivity contribution in [2.45, 2.75) is 20.0 Å². The summed E-state index contributed by atoms with van der Waals surface area (Å²) >= 11 is 0. The summed E-state index contributed by atoms with van der Waals surface area (Å²) in [6.45, 7) is 5.46. The lowest BCUT2D eigenvalue weighted by atomic mass is 10.3. The summed E-state index contributed by atoms with van der Waals surface area (Å²) < 4.78 is 16.0. The lowest BCUT2D eigenvalue weighted by molar-refractivity contribution is 0.0158. The molecular formula is C13H20O4. The van der Waals surface area contributed by atoms with Gasteiger partial charge in [0.05, 0.1) is 13.2 Å². The van der Waals surface area contributed by atoms with Crippen LogP contribution < -0.4 is 9.47 Å². The van der Waals surface area contributed by atoms with Crippen LogP contribution in [0.15, 0.2) is 24.3 Å². The fourth-order valence-corrected chi connectivity index (χ4v) is 1.33. The summed E-state index contributed by atoms with van der Waals surface area (Å²) in [4.78, 5) is 0. The van der Waals surface area contributed by atoms with Crippen molar-refractivity contribution in [2.75, 3.05) is 26.4 Å². The number of hydrogen-bond acceptors (Lipinski definition) is 4. The maximum atomic E-state index is 9.57. The van der Waals surface area contributed by atoms with Gasteiger partial charge in [0.1, 0.15) is 12.7 Å². The summed E-state index contributed by atoms with van der Waals surface area (Å²) in [6.07, 6.45) is -0.621.